The summed E-state index contributed by atoms with van der Waals surface area (Å²) in [5.41, 5.74) is 5.03. The van der Waals surface area contributed by atoms with Crippen molar-refractivity contribution in [2.24, 2.45) is 5.10 Å². The van der Waals surface area contributed by atoms with Crippen LogP contribution in [0.1, 0.15) is 12.0 Å². The zero-order valence-electron chi connectivity index (χ0n) is 13.8. The Labute approximate surface area is 147 Å². The average Bonchev–Trinajstić information content (AvgIpc) is 2.57. The van der Waals surface area contributed by atoms with Crippen molar-refractivity contribution in [3.05, 3.63) is 65.2 Å². The van der Waals surface area contributed by atoms with E-state index in [0.29, 0.717) is 10.7 Å². The summed E-state index contributed by atoms with van der Waals surface area (Å²) in [4.78, 5) is 14.1. The molecule has 2 amide bonds. The number of halogens is 1. The molecule has 5 nitrogen and oxygen atoms in total. The minimum Gasteiger partial charge on any atom is -0.309 e. The number of urea groups is 1. The Kier molecular flexibility index (Phi) is 6.78. The fourth-order valence-electron chi connectivity index (χ4n) is 2.04. The molecule has 2 aromatic rings. The van der Waals surface area contributed by atoms with Gasteiger partial charge in [0, 0.05) is 23.7 Å². The second-order valence-corrected chi connectivity index (χ2v) is 5.99. The van der Waals surface area contributed by atoms with Crippen LogP contribution in [-0.4, -0.2) is 37.3 Å². The van der Waals surface area contributed by atoms with Gasteiger partial charge in [-0.3, -0.25) is 0 Å². The van der Waals surface area contributed by atoms with Gasteiger partial charge < -0.3 is 10.2 Å². The van der Waals surface area contributed by atoms with Crippen LogP contribution in [0.15, 0.2) is 59.7 Å². The molecule has 0 atom stereocenters. The zero-order valence-corrected chi connectivity index (χ0v) is 14.5. The number of hydrogen-bond donors (Lipinski definition) is 2. The fraction of sp³-hybridized carbons (Fsp3) is 0.222. The highest BCUT2D eigenvalue weighted by atomic mass is 35.5. The summed E-state index contributed by atoms with van der Waals surface area (Å²) in [5.74, 6) is 0. The maximum atomic E-state index is 12.0. The van der Waals surface area contributed by atoms with Gasteiger partial charge in [-0.15, -0.1) is 0 Å². The Morgan fingerprint density at radius 3 is 2.38 bits per heavy atom. The molecule has 0 spiro atoms. The van der Waals surface area contributed by atoms with Crippen molar-refractivity contribution in [2.75, 3.05) is 26.0 Å². The summed E-state index contributed by atoms with van der Waals surface area (Å²) in [7, 11) is 4.01. The second kappa shape index (κ2) is 9.05. The first-order valence-corrected chi connectivity index (χ1v) is 8.01. The largest absolute Gasteiger partial charge is 0.339 e. The van der Waals surface area contributed by atoms with E-state index in [2.05, 4.69) is 20.7 Å². The molecule has 24 heavy (non-hydrogen) atoms. The normalized spacial score (nSPS) is 11.4. The SMILES string of the molecule is CN(C)CC/C(=N\NC(=O)Nc1ccc(Cl)cc1)c1ccccc1. The summed E-state index contributed by atoms with van der Waals surface area (Å²) in [6, 6.07) is 16.3. The Morgan fingerprint density at radius 2 is 1.75 bits per heavy atom. The van der Waals surface area contributed by atoms with E-state index in [0.717, 1.165) is 24.2 Å². The molecule has 2 aromatic carbocycles. The number of nitrogens with one attached hydrogen (secondary N) is 2. The van der Waals surface area contributed by atoms with Crippen molar-refractivity contribution in [1.82, 2.24) is 10.3 Å². The van der Waals surface area contributed by atoms with Crippen molar-refractivity contribution in [2.45, 2.75) is 6.42 Å². The van der Waals surface area contributed by atoms with E-state index in [4.69, 9.17) is 11.6 Å². The van der Waals surface area contributed by atoms with Crippen LogP contribution in [0.2, 0.25) is 5.02 Å². The smallest absolute Gasteiger partial charge is 0.309 e. The number of anilines is 1. The summed E-state index contributed by atoms with van der Waals surface area (Å²) in [6.45, 7) is 0.841. The maximum Gasteiger partial charge on any atom is 0.339 e. The van der Waals surface area contributed by atoms with E-state index in [-0.39, 0.29) is 0 Å². The van der Waals surface area contributed by atoms with Crippen LogP contribution in [0, 0.1) is 0 Å². The molecular weight excluding hydrogens is 324 g/mol. The molecule has 0 aliphatic carbocycles. The monoisotopic (exact) mass is 344 g/mol. The first kappa shape index (κ1) is 18.0. The molecule has 0 unspecified atom stereocenters. The third-order valence-corrected chi connectivity index (χ3v) is 3.55. The quantitative estimate of drug-likeness (QED) is 0.618. The van der Waals surface area contributed by atoms with E-state index in [9.17, 15) is 4.79 Å². The summed E-state index contributed by atoms with van der Waals surface area (Å²) in [6.07, 6.45) is 0.734. The summed E-state index contributed by atoms with van der Waals surface area (Å²) in [5, 5.41) is 7.62. The lowest BCUT2D eigenvalue weighted by molar-refractivity contribution is 0.252. The zero-order chi connectivity index (χ0) is 17.4. The lowest BCUT2D eigenvalue weighted by atomic mass is 10.1. The van der Waals surface area contributed by atoms with Crippen LogP contribution in [-0.2, 0) is 0 Å². The van der Waals surface area contributed by atoms with E-state index < -0.39 is 6.03 Å². The minimum absolute atomic E-state index is 0.393. The molecule has 0 saturated heterocycles. The molecule has 0 heterocycles. The summed E-state index contributed by atoms with van der Waals surface area (Å²) >= 11 is 5.82. The Morgan fingerprint density at radius 1 is 1.08 bits per heavy atom. The van der Waals surface area contributed by atoms with E-state index in [1.165, 1.54) is 0 Å². The van der Waals surface area contributed by atoms with Gasteiger partial charge in [0.15, 0.2) is 0 Å². The fourth-order valence-corrected chi connectivity index (χ4v) is 2.16. The van der Waals surface area contributed by atoms with Crippen LogP contribution in [0.3, 0.4) is 0 Å². The number of carbonyl (C=O) groups excluding carboxylic acids is 1. The molecule has 2 N–H and O–H groups in total. The van der Waals surface area contributed by atoms with Crippen molar-refractivity contribution in [1.29, 1.82) is 0 Å². The van der Waals surface area contributed by atoms with Crippen molar-refractivity contribution in [3.63, 3.8) is 0 Å². The lowest BCUT2D eigenvalue weighted by Gasteiger charge is -2.12. The molecule has 126 valence electrons. The highest BCUT2D eigenvalue weighted by Crippen LogP contribution is 2.13. The van der Waals surface area contributed by atoms with E-state index in [1.807, 2.05) is 44.4 Å². The standard InChI is InChI=1S/C18H21ClN4O/c1-23(2)13-12-17(14-6-4-3-5-7-14)21-22-18(24)20-16-10-8-15(19)9-11-16/h3-11H,12-13H2,1-2H3,(H2,20,22,24)/b21-17+. The van der Waals surface area contributed by atoms with Gasteiger partial charge in [0.05, 0.1) is 5.71 Å². The minimum atomic E-state index is -0.393. The van der Waals surface area contributed by atoms with E-state index >= 15 is 0 Å². The molecule has 0 radical (unpaired) electrons. The third-order valence-electron chi connectivity index (χ3n) is 3.30. The number of hydrazone groups is 1. The number of rotatable bonds is 6. The topological polar surface area (TPSA) is 56.7 Å². The average molecular weight is 345 g/mol. The molecule has 0 bridgehead atoms. The van der Waals surface area contributed by atoms with Crippen LogP contribution in [0.4, 0.5) is 10.5 Å². The van der Waals surface area contributed by atoms with Gasteiger partial charge in [0.2, 0.25) is 0 Å². The highest BCUT2D eigenvalue weighted by molar-refractivity contribution is 6.30. The molecule has 0 aliphatic heterocycles. The van der Waals surface area contributed by atoms with Gasteiger partial charge in [-0.1, -0.05) is 41.9 Å². The van der Waals surface area contributed by atoms with Crippen molar-refractivity contribution < 1.29 is 4.79 Å². The molecule has 0 saturated carbocycles. The predicted octanol–water partition coefficient (Wildman–Crippen LogP) is 3.82. The molecular formula is C18H21ClN4O. The van der Waals surface area contributed by atoms with Crippen molar-refractivity contribution in [3.8, 4) is 0 Å². The van der Waals surface area contributed by atoms with Crippen molar-refractivity contribution >= 4 is 29.0 Å². The van der Waals surface area contributed by atoms with E-state index in [1.54, 1.807) is 24.3 Å². The number of carbonyl (C=O) groups is 1. The van der Waals surface area contributed by atoms with Gasteiger partial charge >= 0.3 is 6.03 Å². The Hall–Kier alpha value is -2.37. The third kappa shape index (κ3) is 6.02. The number of hydrogen-bond acceptors (Lipinski definition) is 3. The first-order chi connectivity index (χ1) is 11.5. The number of nitrogens with zero attached hydrogens (tertiary/aromatic N) is 2. The predicted molar refractivity (Wildman–Crippen MR) is 99.8 cm³/mol. The van der Waals surface area contributed by atoms with Gasteiger partial charge in [0.25, 0.3) is 0 Å². The summed E-state index contributed by atoms with van der Waals surface area (Å²) < 4.78 is 0. The first-order valence-electron chi connectivity index (χ1n) is 7.64. The second-order valence-electron chi connectivity index (χ2n) is 5.55. The highest BCUT2D eigenvalue weighted by Gasteiger charge is 2.06. The van der Waals surface area contributed by atoms with Crippen LogP contribution >= 0.6 is 11.6 Å². The molecule has 0 aliphatic rings. The number of amides is 2. The molecule has 6 heteroatoms. The van der Waals surface area contributed by atoms with Gasteiger partial charge in [0.1, 0.15) is 0 Å². The van der Waals surface area contributed by atoms with Gasteiger partial charge in [-0.25, -0.2) is 10.2 Å². The molecule has 2 rings (SSSR count). The lowest BCUT2D eigenvalue weighted by Crippen LogP contribution is -2.26. The maximum absolute atomic E-state index is 12.0. The molecule has 0 fully saturated rings. The Bertz CT molecular complexity index is 684. The van der Waals surface area contributed by atoms with Crippen LogP contribution < -0.4 is 10.7 Å². The molecule has 0 aromatic heterocycles. The van der Waals surface area contributed by atoms with Gasteiger partial charge in [-0.05, 0) is 43.9 Å². The van der Waals surface area contributed by atoms with Gasteiger partial charge in [-0.2, -0.15) is 5.10 Å². The van der Waals surface area contributed by atoms with Crippen LogP contribution in [0.5, 0.6) is 0 Å². The Balaban J connectivity index is 2.02. The van der Waals surface area contributed by atoms with Crippen LogP contribution in [0.25, 0.3) is 0 Å². The number of benzene rings is 2.